The van der Waals surface area contributed by atoms with Crippen LogP contribution in [0.4, 0.5) is 9.59 Å². The van der Waals surface area contributed by atoms with E-state index in [-0.39, 0.29) is 17.9 Å². The van der Waals surface area contributed by atoms with Crippen molar-refractivity contribution in [3.8, 4) is 6.07 Å². The van der Waals surface area contributed by atoms with Gasteiger partial charge in [-0.15, -0.1) is 0 Å². The number of carbonyl (C=O) groups is 2. The summed E-state index contributed by atoms with van der Waals surface area (Å²) in [5.74, 6) is 0.203. The fourth-order valence-electron chi connectivity index (χ4n) is 5.50. The molecular weight excluding hydrogens is 490 g/mol. The van der Waals surface area contributed by atoms with Crippen LogP contribution >= 0.6 is 0 Å². The zero-order valence-electron chi connectivity index (χ0n) is 24.3. The summed E-state index contributed by atoms with van der Waals surface area (Å²) in [6.45, 7) is 16.4. The number of rotatable bonds is 3. The molecule has 2 aromatic carbocycles. The fraction of sp³-hybridized carbons (Fsp3) is 0.469. The van der Waals surface area contributed by atoms with E-state index in [4.69, 9.17) is 9.47 Å². The molecule has 3 aromatic rings. The molecule has 0 unspecified atom stereocenters. The molecule has 39 heavy (non-hydrogen) atoms. The molecule has 1 aliphatic heterocycles. The van der Waals surface area contributed by atoms with Gasteiger partial charge in [0.25, 0.3) is 0 Å². The van der Waals surface area contributed by atoms with Crippen molar-refractivity contribution in [2.75, 3.05) is 13.1 Å². The van der Waals surface area contributed by atoms with Crippen molar-refractivity contribution in [2.45, 2.75) is 78.9 Å². The molecule has 206 valence electrons. The predicted molar refractivity (Wildman–Crippen MR) is 152 cm³/mol. The molecule has 1 amide bonds. The topological polar surface area (TPSA) is 84.6 Å². The first-order valence-electron chi connectivity index (χ1n) is 13.5. The zero-order chi connectivity index (χ0) is 28.7. The lowest BCUT2D eigenvalue weighted by molar-refractivity contribution is 0.0286. The number of nitrogens with zero attached hydrogens (tertiary/aromatic N) is 3. The maximum atomic E-state index is 13.1. The third-order valence-electron chi connectivity index (χ3n) is 7.11. The summed E-state index contributed by atoms with van der Waals surface area (Å²) >= 11 is 0. The van der Waals surface area contributed by atoms with E-state index in [1.165, 1.54) is 0 Å². The van der Waals surface area contributed by atoms with E-state index < -0.39 is 17.3 Å². The van der Waals surface area contributed by atoms with E-state index >= 15 is 0 Å². The predicted octanol–water partition coefficient (Wildman–Crippen LogP) is 7.11. The molecule has 2 atom stereocenters. The molecule has 7 nitrogen and oxygen atoms in total. The highest BCUT2D eigenvalue weighted by molar-refractivity contribution is 5.94. The van der Waals surface area contributed by atoms with E-state index in [9.17, 15) is 14.9 Å². The zero-order valence-corrected chi connectivity index (χ0v) is 24.3. The average molecular weight is 530 g/mol. The van der Waals surface area contributed by atoms with Crippen LogP contribution < -0.4 is 0 Å². The lowest BCUT2D eigenvalue weighted by Gasteiger charge is -2.24. The van der Waals surface area contributed by atoms with Crippen LogP contribution in [0.5, 0.6) is 0 Å². The molecule has 0 aliphatic carbocycles. The Kier molecular flexibility index (Phi) is 7.53. The Hall–Kier alpha value is -3.79. The number of amides is 1. The van der Waals surface area contributed by atoms with E-state index in [1.54, 1.807) is 15.7 Å². The summed E-state index contributed by atoms with van der Waals surface area (Å²) in [4.78, 5) is 27.9. The van der Waals surface area contributed by atoms with Gasteiger partial charge in [-0.2, -0.15) is 5.26 Å². The van der Waals surface area contributed by atoms with Crippen molar-refractivity contribution in [1.29, 1.82) is 5.26 Å². The summed E-state index contributed by atoms with van der Waals surface area (Å²) in [6, 6.07) is 13.9. The van der Waals surface area contributed by atoms with Gasteiger partial charge in [-0.25, -0.2) is 9.59 Å². The monoisotopic (exact) mass is 529 g/mol. The van der Waals surface area contributed by atoms with Crippen LogP contribution in [0.25, 0.3) is 10.9 Å². The number of fused-ring (bicyclic) bond motifs is 1. The molecule has 0 N–H and O–H groups in total. The minimum absolute atomic E-state index is 0.0777. The van der Waals surface area contributed by atoms with Crippen molar-refractivity contribution >= 4 is 23.1 Å². The van der Waals surface area contributed by atoms with Gasteiger partial charge in [0.1, 0.15) is 11.2 Å². The smallest absolute Gasteiger partial charge is 0.418 e. The lowest BCUT2D eigenvalue weighted by atomic mass is 9.82. The molecule has 0 spiro atoms. The maximum Gasteiger partial charge on any atom is 0.418 e. The Balaban J connectivity index is 1.72. The Morgan fingerprint density at radius 2 is 1.54 bits per heavy atom. The summed E-state index contributed by atoms with van der Waals surface area (Å²) in [7, 11) is 0. The van der Waals surface area contributed by atoms with E-state index in [0.29, 0.717) is 18.7 Å². The first kappa shape index (κ1) is 28.2. The van der Waals surface area contributed by atoms with Crippen LogP contribution in [0.15, 0.2) is 42.6 Å². The standard InChI is InChI=1S/C32H39N3O4/c1-20-15-21(2)28-25(13-14-35(28)30(37)39-32(6,7)8)26(20)16-24-18-34(29(36)38-31(3,4)5)19-27(24)23-11-9-22(17-33)10-12-23/h9-15,24,27H,16,18-19H2,1-8H3/t24-,27+/m1/s1. The molecule has 4 rings (SSSR count). The number of ether oxygens (including phenoxy) is 2. The van der Waals surface area contributed by atoms with Crippen LogP contribution in [0.3, 0.4) is 0 Å². The molecule has 1 fully saturated rings. The van der Waals surface area contributed by atoms with Gasteiger partial charge in [0, 0.05) is 30.6 Å². The SMILES string of the molecule is Cc1cc(C)c2c(ccn2C(=O)OC(C)(C)C)c1C[C@@H]1CN(C(=O)OC(C)(C)C)C[C@H]1c1ccc(C#N)cc1. The van der Waals surface area contributed by atoms with E-state index in [1.807, 2.05) is 78.8 Å². The number of aryl methyl sites for hydroxylation is 2. The Morgan fingerprint density at radius 3 is 2.13 bits per heavy atom. The molecule has 0 saturated carbocycles. The number of hydrogen-bond donors (Lipinski definition) is 0. The second-order valence-electron chi connectivity index (χ2n) is 12.6. The van der Waals surface area contributed by atoms with Crippen LogP contribution in [-0.2, 0) is 15.9 Å². The van der Waals surface area contributed by atoms with Crippen LogP contribution in [0.2, 0.25) is 0 Å². The summed E-state index contributed by atoms with van der Waals surface area (Å²) in [6.07, 6.45) is 1.80. The van der Waals surface area contributed by atoms with E-state index in [2.05, 4.69) is 19.1 Å². The van der Waals surface area contributed by atoms with Gasteiger partial charge in [-0.05, 0) is 108 Å². The average Bonchev–Trinajstić information content (AvgIpc) is 3.45. The van der Waals surface area contributed by atoms with Crippen LogP contribution in [-0.4, -0.2) is 45.9 Å². The number of hydrogen-bond acceptors (Lipinski definition) is 5. The van der Waals surface area contributed by atoms with Crippen LogP contribution in [0.1, 0.15) is 75.3 Å². The second-order valence-corrected chi connectivity index (χ2v) is 12.6. The molecule has 1 aliphatic rings. The molecule has 2 heterocycles. The van der Waals surface area contributed by atoms with Gasteiger partial charge in [-0.3, -0.25) is 4.57 Å². The fourth-order valence-corrected chi connectivity index (χ4v) is 5.50. The Morgan fingerprint density at radius 1 is 0.923 bits per heavy atom. The highest BCUT2D eigenvalue weighted by Crippen LogP contribution is 2.38. The van der Waals surface area contributed by atoms with Crippen molar-refractivity contribution in [3.05, 3.63) is 70.4 Å². The van der Waals surface area contributed by atoms with Crippen molar-refractivity contribution in [3.63, 3.8) is 0 Å². The van der Waals surface area contributed by atoms with Crippen molar-refractivity contribution in [1.82, 2.24) is 9.47 Å². The minimum atomic E-state index is -0.599. The number of benzene rings is 2. The highest BCUT2D eigenvalue weighted by atomic mass is 16.6. The summed E-state index contributed by atoms with van der Waals surface area (Å²) in [5.41, 5.74) is 4.69. The van der Waals surface area contributed by atoms with E-state index in [0.717, 1.165) is 39.6 Å². The maximum absolute atomic E-state index is 13.1. The van der Waals surface area contributed by atoms with Gasteiger partial charge in [-0.1, -0.05) is 18.2 Å². The van der Waals surface area contributed by atoms with Crippen molar-refractivity contribution in [2.24, 2.45) is 5.92 Å². The normalized spacial score (nSPS) is 17.8. The number of carbonyl (C=O) groups excluding carboxylic acids is 2. The molecule has 1 saturated heterocycles. The molecule has 7 heteroatoms. The van der Waals surface area contributed by atoms with Gasteiger partial charge in [0.05, 0.1) is 17.1 Å². The first-order chi connectivity index (χ1) is 18.2. The van der Waals surface area contributed by atoms with Gasteiger partial charge < -0.3 is 14.4 Å². The lowest BCUT2D eigenvalue weighted by Crippen LogP contribution is -2.35. The van der Waals surface area contributed by atoms with Crippen LogP contribution in [0, 0.1) is 31.1 Å². The van der Waals surface area contributed by atoms with Gasteiger partial charge in [0.2, 0.25) is 0 Å². The number of nitriles is 1. The minimum Gasteiger partial charge on any atom is -0.444 e. The Labute approximate surface area is 231 Å². The first-order valence-corrected chi connectivity index (χ1v) is 13.5. The molecular formula is C32H39N3O4. The van der Waals surface area contributed by atoms with Gasteiger partial charge >= 0.3 is 12.2 Å². The van der Waals surface area contributed by atoms with Crippen molar-refractivity contribution < 1.29 is 19.1 Å². The summed E-state index contributed by atoms with van der Waals surface area (Å²) in [5, 5.41) is 10.3. The van der Waals surface area contributed by atoms with Gasteiger partial charge in [0.15, 0.2) is 0 Å². The molecule has 0 radical (unpaired) electrons. The third kappa shape index (κ3) is 6.27. The summed E-state index contributed by atoms with van der Waals surface area (Å²) < 4.78 is 13.0. The quantitative estimate of drug-likeness (QED) is 0.361. The largest absolute Gasteiger partial charge is 0.444 e. The number of likely N-dealkylation sites (tertiary alicyclic amines) is 1. The third-order valence-corrected chi connectivity index (χ3v) is 7.11. The highest BCUT2D eigenvalue weighted by Gasteiger charge is 2.38. The number of aromatic nitrogens is 1. The Bertz CT molecular complexity index is 1430. The second kappa shape index (κ2) is 10.4. The molecule has 1 aromatic heterocycles. The molecule has 0 bridgehead atoms.